The van der Waals surface area contributed by atoms with E-state index in [2.05, 4.69) is 15.9 Å². The fraction of sp³-hybridized carbons (Fsp3) is 0.250. The molecule has 0 spiro atoms. The van der Waals surface area contributed by atoms with Crippen LogP contribution in [0.4, 0.5) is 5.69 Å². The maximum atomic E-state index is 11.4. The Bertz CT molecular complexity index is 421. The maximum Gasteiger partial charge on any atom is 0.248 e. The van der Waals surface area contributed by atoms with Crippen LogP contribution in [0.2, 0.25) is 0 Å². The molecule has 14 heavy (non-hydrogen) atoms. The first kappa shape index (κ1) is 11.8. The normalized spacial score (nSPS) is 11.4. The Morgan fingerprint density at radius 3 is 2.64 bits per heavy atom. The van der Waals surface area contributed by atoms with Crippen LogP contribution in [0, 0.1) is 0 Å². The maximum absolute atomic E-state index is 11.4. The van der Waals surface area contributed by atoms with Crippen molar-refractivity contribution >= 4 is 43.2 Å². The molecule has 0 saturated heterocycles. The molecule has 0 radical (unpaired) electrons. The summed E-state index contributed by atoms with van der Waals surface area (Å²) in [5.74, 6) is 0. The molecule has 0 amide bonds. The van der Waals surface area contributed by atoms with E-state index in [9.17, 15) is 8.42 Å². The quantitative estimate of drug-likeness (QED) is 0.804. The van der Waals surface area contributed by atoms with Crippen molar-refractivity contribution in [3.8, 4) is 0 Å². The van der Waals surface area contributed by atoms with Crippen molar-refractivity contribution in [2.24, 2.45) is 0 Å². The molecule has 3 nitrogen and oxygen atoms in total. The summed E-state index contributed by atoms with van der Waals surface area (Å²) in [5, 5.41) is -0.421. The molecular weight excluding hydrogens is 290 g/mol. The lowest BCUT2D eigenvalue weighted by Gasteiger charge is -2.17. The number of halogens is 2. The van der Waals surface area contributed by atoms with E-state index in [0.29, 0.717) is 5.69 Å². The largest absolute Gasteiger partial charge is 0.272 e. The van der Waals surface area contributed by atoms with Gasteiger partial charge in [0.05, 0.1) is 5.69 Å². The van der Waals surface area contributed by atoms with Crippen LogP contribution in [0.3, 0.4) is 0 Å². The third kappa shape index (κ3) is 2.62. The lowest BCUT2D eigenvalue weighted by atomic mass is 10.3. The highest BCUT2D eigenvalue weighted by Crippen LogP contribution is 2.21. The summed E-state index contributed by atoms with van der Waals surface area (Å²) >= 11 is 8.60. The van der Waals surface area contributed by atoms with Crippen LogP contribution in [-0.4, -0.2) is 20.7 Å². The zero-order chi connectivity index (χ0) is 10.8. The average molecular weight is 299 g/mol. The molecule has 0 saturated carbocycles. The van der Waals surface area contributed by atoms with Crippen molar-refractivity contribution in [1.82, 2.24) is 0 Å². The molecule has 0 fully saturated rings. The van der Waals surface area contributed by atoms with E-state index in [1.54, 1.807) is 18.2 Å². The van der Waals surface area contributed by atoms with Gasteiger partial charge in [-0.3, -0.25) is 4.31 Å². The van der Waals surface area contributed by atoms with Crippen molar-refractivity contribution in [2.75, 3.05) is 16.6 Å². The Hall–Kier alpha value is -0.260. The van der Waals surface area contributed by atoms with Gasteiger partial charge in [0.2, 0.25) is 10.0 Å². The second-order valence-electron chi connectivity index (χ2n) is 2.67. The second kappa shape index (κ2) is 4.51. The van der Waals surface area contributed by atoms with Crippen LogP contribution >= 0.6 is 27.5 Å². The number of alkyl halides is 1. The standard InChI is InChI=1S/C8H9BrClNO2S/c1-11(14(12,13)6-10)8-4-2-3-7(9)5-8/h2-5H,6H2,1H3. The predicted molar refractivity (Wildman–Crippen MR) is 62.2 cm³/mol. The molecule has 0 bridgehead atoms. The monoisotopic (exact) mass is 297 g/mol. The van der Waals surface area contributed by atoms with Crippen molar-refractivity contribution in [3.63, 3.8) is 0 Å². The first-order valence-electron chi connectivity index (χ1n) is 3.75. The van der Waals surface area contributed by atoms with Crippen LogP contribution < -0.4 is 4.31 Å². The first-order valence-corrected chi connectivity index (χ1v) is 6.69. The summed E-state index contributed by atoms with van der Waals surface area (Å²) in [6.07, 6.45) is 0. The zero-order valence-corrected chi connectivity index (χ0v) is 10.6. The summed E-state index contributed by atoms with van der Waals surface area (Å²) in [6.45, 7) is 0. The van der Waals surface area contributed by atoms with Crippen LogP contribution in [0.1, 0.15) is 0 Å². The van der Waals surface area contributed by atoms with Gasteiger partial charge in [-0.05, 0) is 18.2 Å². The van der Waals surface area contributed by atoms with Crippen molar-refractivity contribution in [1.29, 1.82) is 0 Å². The van der Waals surface area contributed by atoms with E-state index in [4.69, 9.17) is 11.6 Å². The van der Waals surface area contributed by atoms with Gasteiger partial charge in [-0.1, -0.05) is 22.0 Å². The van der Waals surface area contributed by atoms with Gasteiger partial charge in [-0.15, -0.1) is 11.6 Å². The van der Waals surface area contributed by atoms with E-state index in [0.717, 1.165) is 8.78 Å². The summed E-state index contributed by atoms with van der Waals surface area (Å²) in [5.41, 5.74) is 0.583. The number of hydrogen-bond donors (Lipinski definition) is 0. The summed E-state index contributed by atoms with van der Waals surface area (Å²) in [7, 11) is -1.92. The summed E-state index contributed by atoms with van der Waals surface area (Å²) in [6, 6.07) is 7.00. The molecule has 0 N–H and O–H groups in total. The minimum atomic E-state index is -3.39. The summed E-state index contributed by atoms with van der Waals surface area (Å²) < 4.78 is 24.8. The molecule has 1 rings (SSSR count). The van der Waals surface area contributed by atoms with E-state index in [-0.39, 0.29) is 0 Å². The van der Waals surface area contributed by atoms with Gasteiger partial charge in [-0.2, -0.15) is 0 Å². The Morgan fingerprint density at radius 1 is 1.50 bits per heavy atom. The Morgan fingerprint density at radius 2 is 2.14 bits per heavy atom. The molecule has 0 aliphatic carbocycles. The second-order valence-corrected chi connectivity index (χ2v) is 6.17. The number of rotatable bonds is 3. The number of benzene rings is 1. The number of sulfonamides is 1. The van der Waals surface area contributed by atoms with Crippen LogP contribution in [0.15, 0.2) is 28.7 Å². The highest BCUT2D eigenvalue weighted by Gasteiger charge is 2.16. The molecular formula is C8H9BrClNO2S. The Labute approximate surface area is 96.9 Å². The zero-order valence-electron chi connectivity index (χ0n) is 7.44. The topological polar surface area (TPSA) is 37.4 Å². The van der Waals surface area contributed by atoms with E-state index in [1.165, 1.54) is 7.05 Å². The van der Waals surface area contributed by atoms with Crippen LogP contribution in [0.5, 0.6) is 0 Å². The van der Waals surface area contributed by atoms with Gasteiger partial charge in [0, 0.05) is 11.5 Å². The van der Waals surface area contributed by atoms with E-state index >= 15 is 0 Å². The fourth-order valence-electron chi connectivity index (χ4n) is 0.906. The molecule has 0 aromatic heterocycles. The van der Waals surface area contributed by atoms with Gasteiger partial charge in [0.25, 0.3) is 0 Å². The minimum Gasteiger partial charge on any atom is -0.272 e. The van der Waals surface area contributed by atoms with E-state index < -0.39 is 15.2 Å². The number of anilines is 1. The Kier molecular flexibility index (Phi) is 3.80. The lowest BCUT2D eigenvalue weighted by molar-refractivity contribution is 0.599. The molecule has 0 unspecified atom stereocenters. The van der Waals surface area contributed by atoms with Crippen LogP contribution in [-0.2, 0) is 10.0 Å². The highest BCUT2D eigenvalue weighted by atomic mass is 79.9. The molecule has 1 aromatic rings. The lowest BCUT2D eigenvalue weighted by Crippen LogP contribution is -2.27. The Balaban J connectivity index is 3.07. The fourth-order valence-corrected chi connectivity index (χ4v) is 2.31. The molecule has 0 aliphatic heterocycles. The molecule has 78 valence electrons. The molecule has 0 aliphatic rings. The number of nitrogens with zero attached hydrogens (tertiary/aromatic N) is 1. The minimum absolute atomic E-state index is 0.421. The third-order valence-corrected chi connectivity index (χ3v) is 4.37. The van der Waals surface area contributed by atoms with Gasteiger partial charge < -0.3 is 0 Å². The van der Waals surface area contributed by atoms with Gasteiger partial charge in [0.1, 0.15) is 5.21 Å². The molecule has 0 atom stereocenters. The number of hydrogen-bond acceptors (Lipinski definition) is 2. The SMILES string of the molecule is CN(c1cccc(Br)c1)S(=O)(=O)CCl. The first-order chi connectivity index (χ1) is 6.47. The van der Waals surface area contributed by atoms with Crippen LogP contribution in [0.25, 0.3) is 0 Å². The van der Waals surface area contributed by atoms with Crippen molar-refractivity contribution in [2.45, 2.75) is 0 Å². The van der Waals surface area contributed by atoms with Gasteiger partial charge >= 0.3 is 0 Å². The van der Waals surface area contributed by atoms with E-state index in [1.807, 2.05) is 6.07 Å². The van der Waals surface area contributed by atoms with Crippen molar-refractivity contribution in [3.05, 3.63) is 28.7 Å². The predicted octanol–water partition coefficient (Wildman–Crippen LogP) is 2.41. The molecule has 1 aromatic carbocycles. The average Bonchev–Trinajstić information content (AvgIpc) is 2.16. The van der Waals surface area contributed by atoms with Gasteiger partial charge in [0.15, 0.2) is 0 Å². The smallest absolute Gasteiger partial charge is 0.248 e. The summed E-state index contributed by atoms with van der Waals surface area (Å²) in [4.78, 5) is 0. The molecule has 6 heteroatoms. The molecule has 0 heterocycles. The van der Waals surface area contributed by atoms with Crippen molar-refractivity contribution < 1.29 is 8.42 Å². The van der Waals surface area contributed by atoms with Gasteiger partial charge in [-0.25, -0.2) is 8.42 Å². The highest BCUT2D eigenvalue weighted by molar-refractivity contribution is 9.10. The third-order valence-electron chi connectivity index (χ3n) is 1.73.